The topological polar surface area (TPSA) is 72.8 Å². The smallest absolute Gasteiger partial charge is 0.217 e. The van der Waals surface area contributed by atoms with Crippen LogP contribution in [0.4, 0.5) is 0 Å². The lowest BCUT2D eigenvalue weighted by molar-refractivity contribution is -0.0222. The normalized spacial score (nSPS) is 18.7. The molecule has 0 radical (unpaired) electrons. The van der Waals surface area contributed by atoms with E-state index < -0.39 is 6.23 Å². The van der Waals surface area contributed by atoms with Crippen LogP contribution in [-0.2, 0) is 0 Å². The Morgan fingerprint density at radius 1 is 0.939 bits per heavy atom. The molecule has 3 aromatic rings. The number of fused-ring (bicyclic) bond motifs is 3. The highest BCUT2D eigenvalue weighted by molar-refractivity contribution is 6.04. The van der Waals surface area contributed by atoms with Crippen LogP contribution in [0.1, 0.15) is 40.9 Å². The standard InChI is InChI=1S/C26H26N2O5/c1-15-8-11-22(29)19(12-15)20-14-21-17-6-5-7-23(31-3)25(17)33-26(28(21)27-20)18-10-9-16(30-2)13-24(18)32-4/h5-13,21,26,29H,14H2,1-4H3/t21-,26-/m0/s1. The summed E-state index contributed by atoms with van der Waals surface area (Å²) in [5.41, 5.74) is 4.40. The van der Waals surface area contributed by atoms with Crippen LogP contribution in [-0.4, -0.2) is 37.2 Å². The van der Waals surface area contributed by atoms with Crippen molar-refractivity contribution >= 4 is 5.71 Å². The molecule has 0 aromatic heterocycles. The molecule has 2 aliphatic heterocycles. The molecular weight excluding hydrogens is 420 g/mol. The predicted molar refractivity (Wildman–Crippen MR) is 124 cm³/mol. The molecule has 0 bridgehead atoms. The zero-order valence-corrected chi connectivity index (χ0v) is 19.0. The van der Waals surface area contributed by atoms with Gasteiger partial charge >= 0.3 is 0 Å². The fourth-order valence-corrected chi connectivity index (χ4v) is 4.52. The monoisotopic (exact) mass is 446 g/mol. The summed E-state index contributed by atoms with van der Waals surface area (Å²) in [4.78, 5) is 0. The number of aromatic hydroxyl groups is 1. The molecule has 33 heavy (non-hydrogen) atoms. The van der Waals surface area contributed by atoms with Crippen molar-refractivity contribution in [3.63, 3.8) is 0 Å². The van der Waals surface area contributed by atoms with Crippen molar-refractivity contribution in [3.8, 4) is 28.7 Å². The van der Waals surface area contributed by atoms with Gasteiger partial charge in [0.05, 0.1) is 38.6 Å². The first kappa shape index (κ1) is 21.0. The molecule has 7 heteroatoms. The Hall–Kier alpha value is -3.87. The van der Waals surface area contributed by atoms with Gasteiger partial charge in [-0.15, -0.1) is 0 Å². The second kappa shape index (κ2) is 8.24. The summed E-state index contributed by atoms with van der Waals surface area (Å²) in [6, 6.07) is 17.0. The number of ether oxygens (including phenoxy) is 4. The highest BCUT2D eigenvalue weighted by Gasteiger charge is 2.43. The first-order valence-corrected chi connectivity index (χ1v) is 10.7. The first-order chi connectivity index (χ1) is 16.0. The van der Waals surface area contributed by atoms with Crippen LogP contribution < -0.4 is 18.9 Å². The summed E-state index contributed by atoms with van der Waals surface area (Å²) < 4.78 is 23.2. The van der Waals surface area contributed by atoms with Gasteiger partial charge in [0, 0.05) is 23.6 Å². The maximum absolute atomic E-state index is 10.5. The lowest BCUT2D eigenvalue weighted by Gasteiger charge is -2.39. The molecule has 5 rings (SSSR count). The van der Waals surface area contributed by atoms with E-state index in [4.69, 9.17) is 24.0 Å². The van der Waals surface area contributed by atoms with Gasteiger partial charge in [0.2, 0.25) is 6.23 Å². The summed E-state index contributed by atoms with van der Waals surface area (Å²) >= 11 is 0. The number of benzene rings is 3. The van der Waals surface area contributed by atoms with Crippen LogP contribution in [0.25, 0.3) is 0 Å². The summed E-state index contributed by atoms with van der Waals surface area (Å²) in [7, 11) is 4.88. The van der Waals surface area contributed by atoms with Crippen LogP contribution in [0, 0.1) is 6.92 Å². The Kier molecular flexibility index (Phi) is 5.24. The van der Waals surface area contributed by atoms with E-state index in [1.807, 2.05) is 60.5 Å². The lowest BCUT2D eigenvalue weighted by atomic mass is 9.94. The number of hydrogen-bond donors (Lipinski definition) is 1. The third-order valence-electron chi connectivity index (χ3n) is 6.17. The molecule has 7 nitrogen and oxygen atoms in total. The number of phenolic OH excluding ortho intramolecular Hbond substituents is 1. The van der Waals surface area contributed by atoms with Gasteiger partial charge in [0.15, 0.2) is 11.5 Å². The minimum absolute atomic E-state index is 0.0874. The molecule has 0 unspecified atom stereocenters. The molecule has 2 aliphatic rings. The van der Waals surface area contributed by atoms with Crippen molar-refractivity contribution in [3.05, 3.63) is 76.9 Å². The minimum atomic E-state index is -0.552. The molecule has 0 fully saturated rings. The van der Waals surface area contributed by atoms with Crippen LogP contribution in [0.15, 0.2) is 59.7 Å². The van der Waals surface area contributed by atoms with Crippen molar-refractivity contribution in [2.75, 3.05) is 21.3 Å². The van der Waals surface area contributed by atoms with E-state index in [2.05, 4.69) is 0 Å². The third-order valence-corrected chi connectivity index (χ3v) is 6.17. The van der Waals surface area contributed by atoms with Gasteiger partial charge in [0.1, 0.15) is 17.2 Å². The molecule has 2 atom stereocenters. The quantitative estimate of drug-likeness (QED) is 0.597. The van der Waals surface area contributed by atoms with Crippen LogP contribution in [0.2, 0.25) is 0 Å². The average Bonchev–Trinajstić information content (AvgIpc) is 3.29. The van der Waals surface area contributed by atoms with Gasteiger partial charge in [-0.1, -0.05) is 23.8 Å². The molecule has 2 heterocycles. The third kappa shape index (κ3) is 3.50. The number of nitrogens with zero attached hydrogens (tertiary/aromatic N) is 2. The molecule has 170 valence electrons. The van der Waals surface area contributed by atoms with E-state index in [0.29, 0.717) is 29.4 Å². The Labute approximate surface area is 192 Å². The van der Waals surface area contributed by atoms with Gasteiger partial charge in [-0.25, -0.2) is 5.01 Å². The van der Waals surface area contributed by atoms with Crippen molar-refractivity contribution in [1.82, 2.24) is 5.01 Å². The van der Waals surface area contributed by atoms with E-state index in [9.17, 15) is 5.11 Å². The van der Waals surface area contributed by atoms with Gasteiger partial charge in [-0.2, -0.15) is 5.10 Å². The zero-order chi connectivity index (χ0) is 23.1. The van der Waals surface area contributed by atoms with Gasteiger partial charge in [-0.05, 0) is 37.3 Å². The number of aryl methyl sites for hydroxylation is 1. The molecule has 0 amide bonds. The first-order valence-electron chi connectivity index (χ1n) is 10.7. The van der Waals surface area contributed by atoms with E-state index in [1.54, 1.807) is 27.4 Å². The Morgan fingerprint density at radius 2 is 1.76 bits per heavy atom. The second-order valence-electron chi connectivity index (χ2n) is 8.12. The highest BCUT2D eigenvalue weighted by atomic mass is 16.5. The summed E-state index contributed by atoms with van der Waals surface area (Å²) in [5, 5.41) is 17.4. The number of hydrazone groups is 1. The lowest BCUT2D eigenvalue weighted by Crippen LogP contribution is -2.34. The van der Waals surface area contributed by atoms with Gasteiger partial charge in [-0.3, -0.25) is 0 Å². The number of phenols is 1. The Morgan fingerprint density at radius 3 is 2.52 bits per heavy atom. The summed E-state index contributed by atoms with van der Waals surface area (Å²) in [6.07, 6.45) is 0.0688. The fraction of sp³-hybridized carbons (Fsp3) is 0.269. The Bertz CT molecular complexity index is 1240. The molecule has 0 spiro atoms. The van der Waals surface area contributed by atoms with E-state index in [0.717, 1.165) is 28.0 Å². The maximum atomic E-state index is 10.5. The second-order valence-corrected chi connectivity index (χ2v) is 8.12. The largest absolute Gasteiger partial charge is 0.507 e. The van der Waals surface area contributed by atoms with E-state index in [1.165, 1.54) is 0 Å². The minimum Gasteiger partial charge on any atom is -0.507 e. The number of methoxy groups -OCH3 is 3. The van der Waals surface area contributed by atoms with E-state index >= 15 is 0 Å². The SMILES string of the molecule is COc1ccc([C@@H]2Oc3c(OC)cccc3[C@@H]3CC(c4cc(C)ccc4O)=NN32)c(OC)c1. The van der Waals surface area contributed by atoms with Crippen molar-refractivity contribution in [2.45, 2.75) is 25.6 Å². The number of rotatable bonds is 5. The Balaban J connectivity index is 1.66. The molecule has 3 aromatic carbocycles. The van der Waals surface area contributed by atoms with Gasteiger partial charge in [0.25, 0.3) is 0 Å². The molecule has 0 saturated heterocycles. The van der Waals surface area contributed by atoms with Crippen LogP contribution >= 0.6 is 0 Å². The van der Waals surface area contributed by atoms with Crippen molar-refractivity contribution in [1.29, 1.82) is 0 Å². The van der Waals surface area contributed by atoms with Crippen LogP contribution in [0.3, 0.4) is 0 Å². The van der Waals surface area contributed by atoms with Crippen molar-refractivity contribution < 1.29 is 24.1 Å². The fourth-order valence-electron chi connectivity index (χ4n) is 4.52. The van der Waals surface area contributed by atoms with Crippen LogP contribution in [0.5, 0.6) is 28.7 Å². The average molecular weight is 447 g/mol. The summed E-state index contributed by atoms with van der Waals surface area (Å²) in [5.74, 6) is 2.89. The molecule has 1 N–H and O–H groups in total. The van der Waals surface area contributed by atoms with Gasteiger partial charge < -0.3 is 24.1 Å². The predicted octanol–water partition coefficient (Wildman–Crippen LogP) is 4.97. The number of hydrogen-bond acceptors (Lipinski definition) is 7. The number of para-hydroxylation sites is 1. The highest BCUT2D eigenvalue weighted by Crippen LogP contribution is 2.52. The summed E-state index contributed by atoms with van der Waals surface area (Å²) in [6.45, 7) is 2.00. The molecule has 0 aliphatic carbocycles. The maximum Gasteiger partial charge on any atom is 0.217 e. The molecule has 0 saturated carbocycles. The molecular formula is C26H26N2O5. The van der Waals surface area contributed by atoms with Crippen molar-refractivity contribution in [2.24, 2.45) is 5.10 Å². The zero-order valence-electron chi connectivity index (χ0n) is 19.0. The van der Waals surface area contributed by atoms with E-state index in [-0.39, 0.29) is 11.8 Å².